The molecule has 0 amide bonds. The van der Waals surface area contributed by atoms with E-state index < -0.39 is 0 Å². The zero-order valence-electron chi connectivity index (χ0n) is 20.0. The van der Waals surface area contributed by atoms with Gasteiger partial charge in [0.1, 0.15) is 28.7 Å². The molecule has 34 heavy (non-hydrogen) atoms. The van der Waals surface area contributed by atoms with Crippen LogP contribution in [0.3, 0.4) is 0 Å². The Morgan fingerprint density at radius 3 is 1.88 bits per heavy atom. The molecule has 0 heterocycles. The third-order valence-electron chi connectivity index (χ3n) is 6.36. The molecule has 0 N–H and O–H groups in total. The summed E-state index contributed by atoms with van der Waals surface area (Å²) in [7, 11) is 7.92. The number of allylic oxidation sites excluding steroid dienone is 1. The van der Waals surface area contributed by atoms with Crippen LogP contribution in [0.15, 0.2) is 61.2 Å². The highest BCUT2D eigenvalue weighted by atomic mass is 16.5. The molecule has 0 radical (unpaired) electrons. The lowest BCUT2D eigenvalue weighted by molar-refractivity contribution is 0.103. The molecular formula is C28H28O6. The van der Waals surface area contributed by atoms with Gasteiger partial charge in [-0.15, -0.1) is 6.58 Å². The average molecular weight is 461 g/mol. The van der Waals surface area contributed by atoms with Crippen LogP contribution >= 0.6 is 0 Å². The molecule has 176 valence electrons. The molecule has 0 saturated carbocycles. The van der Waals surface area contributed by atoms with Gasteiger partial charge in [-0.25, -0.2) is 0 Å². The summed E-state index contributed by atoms with van der Waals surface area (Å²) >= 11 is 0. The van der Waals surface area contributed by atoms with Crippen LogP contribution in [0.5, 0.6) is 28.7 Å². The van der Waals surface area contributed by atoms with Crippen LogP contribution in [0.1, 0.15) is 44.4 Å². The summed E-state index contributed by atoms with van der Waals surface area (Å²) in [5.41, 5.74) is 3.49. The zero-order chi connectivity index (χ0) is 24.4. The Kier molecular flexibility index (Phi) is 6.50. The molecule has 1 aliphatic carbocycles. The van der Waals surface area contributed by atoms with E-state index in [4.69, 9.17) is 23.7 Å². The van der Waals surface area contributed by atoms with Gasteiger partial charge in [0.25, 0.3) is 0 Å². The Bertz CT molecular complexity index is 1230. The molecule has 2 atom stereocenters. The van der Waals surface area contributed by atoms with Crippen LogP contribution in [-0.4, -0.2) is 41.3 Å². The molecule has 0 saturated heterocycles. The first-order valence-corrected chi connectivity index (χ1v) is 10.8. The normalized spacial score (nSPS) is 16.6. The predicted molar refractivity (Wildman–Crippen MR) is 130 cm³/mol. The van der Waals surface area contributed by atoms with Crippen LogP contribution in [0, 0.1) is 0 Å². The highest BCUT2D eigenvalue weighted by Gasteiger charge is 2.39. The standard InChI is InChI=1S/C28H28O6/c1-7-20-25(16-8-10-17(30-2)11-9-16)21-12-18(31-3)15-24(34-6)27(21)28(29)22-13-19(32-4)14-23(33-5)26(20)22/h7-15,20,25H,1H2,2-6H3/t20-,25-/m1/s1. The van der Waals surface area contributed by atoms with Gasteiger partial charge in [0, 0.05) is 35.1 Å². The highest BCUT2D eigenvalue weighted by molar-refractivity contribution is 6.14. The van der Waals surface area contributed by atoms with Crippen LogP contribution in [0.25, 0.3) is 0 Å². The lowest BCUT2D eigenvalue weighted by atomic mass is 9.76. The van der Waals surface area contributed by atoms with E-state index in [0.29, 0.717) is 34.1 Å². The van der Waals surface area contributed by atoms with Gasteiger partial charge in [-0.2, -0.15) is 0 Å². The van der Waals surface area contributed by atoms with Crippen molar-refractivity contribution < 1.29 is 28.5 Å². The fraction of sp³-hybridized carbons (Fsp3) is 0.250. The molecule has 6 nitrogen and oxygen atoms in total. The first-order chi connectivity index (χ1) is 16.5. The van der Waals surface area contributed by atoms with E-state index in [1.807, 2.05) is 36.4 Å². The van der Waals surface area contributed by atoms with Gasteiger partial charge in [-0.1, -0.05) is 18.2 Å². The minimum absolute atomic E-state index is 0.176. The highest BCUT2D eigenvalue weighted by Crippen LogP contribution is 2.51. The smallest absolute Gasteiger partial charge is 0.197 e. The molecule has 3 aromatic rings. The number of carbonyl (C=O) groups excluding carboxylic acids is 1. The molecule has 0 fully saturated rings. The van der Waals surface area contributed by atoms with Gasteiger partial charge >= 0.3 is 0 Å². The maximum absolute atomic E-state index is 14.1. The molecule has 0 bridgehead atoms. The maximum Gasteiger partial charge on any atom is 0.197 e. The number of rotatable bonds is 7. The van der Waals surface area contributed by atoms with Gasteiger partial charge in [0.05, 0.1) is 41.1 Å². The summed E-state index contributed by atoms with van der Waals surface area (Å²) in [6.45, 7) is 4.15. The quantitative estimate of drug-likeness (QED) is 0.442. The Hall–Kier alpha value is -3.93. The molecule has 0 aliphatic heterocycles. The van der Waals surface area contributed by atoms with E-state index in [1.54, 1.807) is 53.7 Å². The Morgan fingerprint density at radius 1 is 0.735 bits per heavy atom. The molecular weight excluding hydrogens is 432 g/mol. The SMILES string of the molecule is C=C[C@H]1c2c(OC)cc(OC)cc2C(=O)c2c(OC)cc(OC)cc2[C@@H]1c1ccc(OC)cc1. The maximum atomic E-state index is 14.1. The molecule has 0 spiro atoms. The number of hydrogen-bond acceptors (Lipinski definition) is 6. The first kappa shape index (κ1) is 23.2. The average Bonchev–Trinajstić information content (AvgIpc) is 2.99. The minimum atomic E-state index is -0.286. The second kappa shape index (κ2) is 9.51. The van der Waals surface area contributed by atoms with Crippen LogP contribution in [0.2, 0.25) is 0 Å². The molecule has 0 unspecified atom stereocenters. The number of benzene rings is 3. The van der Waals surface area contributed by atoms with Crippen molar-refractivity contribution >= 4 is 5.78 Å². The first-order valence-electron chi connectivity index (χ1n) is 10.8. The minimum Gasteiger partial charge on any atom is -0.497 e. The monoisotopic (exact) mass is 460 g/mol. The number of hydrogen-bond donors (Lipinski definition) is 0. The third-order valence-corrected chi connectivity index (χ3v) is 6.36. The van der Waals surface area contributed by atoms with Crippen molar-refractivity contribution in [3.8, 4) is 28.7 Å². The van der Waals surface area contributed by atoms with Gasteiger partial charge in [0.2, 0.25) is 0 Å². The molecule has 3 aromatic carbocycles. The van der Waals surface area contributed by atoms with E-state index in [2.05, 4.69) is 6.58 Å². The van der Waals surface area contributed by atoms with E-state index in [-0.39, 0.29) is 17.6 Å². The van der Waals surface area contributed by atoms with Crippen molar-refractivity contribution in [2.45, 2.75) is 11.8 Å². The summed E-state index contributed by atoms with van der Waals surface area (Å²) in [5.74, 6) is 2.14. The number of ether oxygens (including phenoxy) is 5. The van der Waals surface area contributed by atoms with Crippen molar-refractivity contribution in [3.05, 3.63) is 89.0 Å². The number of carbonyl (C=O) groups is 1. The second-order valence-electron chi connectivity index (χ2n) is 7.93. The van der Waals surface area contributed by atoms with Crippen molar-refractivity contribution in [1.82, 2.24) is 0 Å². The number of fused-ring (bicyclic) bond motifs is 2. The van der Waals surface area contributed by atoms with E-state index in [9.17, 15) is 4.79 Å². The van der Waals surface area contributed by atoms with Crippen molar-refractivity contribution in [2.24, 2.45) is 0 Å². The fourth-order valence-corrected chi connectivity index (χ4v) is 4.74. The van der Waals surface area contributed by atoms with Crippen LogP contribution in [-0.2, 0) is 0 Å². The summed E-state index contributed by atoms with van der Waals surface area (Å²) in [6.07, 6.45) is 1.86. The summed E-state index contributed by atoms with van der Waals surface area (Å²) in [5, 5.41) is 0. The second-order valence-corrected chi connectivity index (χ2v) is 7.93. The summed E-state index contributed by atoms with van der Waals surface area (Å²) < 4.78 is 27.9. The molecule has 4 rings (SSSR count). The predicted octanol–water partition coefficient (Wildman–Crippen LogP) is 5.38. The molecule has 6 heteroatoms. The summed E-state index contributed by atoms with van der Waals surface area (Å²) in [4.78, 5) is 14.1. The van der Waals surface area contributed by atoms with Gasteiger partial charge in [-0.3, -0.25) is 4.79 Å². The Labute approximate surface area is 199 Å². The lowest BCUT2D eigenvalue weighted by Crippen LogP contribution is -2.13. The van der Waals surface area contributed by atoms with E-state index in [0.717, 1.165) is 22.4 Å². The van der Waals surface area contributed by atoms with Crippen LogP contribution in [0.4, 0.5) is 0 Å². The molecule has 0 aromatic heterocycles. The number of methoxy groups -OCH3 is 5. The Balaban J connectivity index is 2.13. The topological polar surface area (TPSA) is 63.2 Å². The van der Waals surface area contributed by atoms with Gasteiger partial charge in [-0.05, 0) is 35.4 Å². The van der Waals surface area contributed by atoms with Crippen molar-refractivity contribution in [3.63, 3.8) is 0 Å². The van der Waals surface area contributed by atoms with Crippen molar-refractivity contribution in [2.75, 3.05) is 35.5 Å². The lowest BCUT2D eigenvalue weighted by Gasteiger charge is -2.28. The van der Waals surface area contributed by atoms with Crippen LogP contribution < -0.4 is 23.7 Å². The van der Waals surface area contributed by atoms with Crippen molar-refractivity contribution in [1.29, 1.82) is 0 Å². The zero-order valence-corrected chi connectivity index (χ0v) is 20.0. The Morgan fingerprint density at radius 2 is 1.32 bits per heavy atom. The molecule has 1 aliphatic rings. The van der Waals surface area contributed by atoms with Gasteiger partial charge in [0.15, 0.2) is 5.78 Å². The fourth-order valence-electron chi connectivity index (χ4n) is 4.74. The van der Waals surface area contributed by atoms with E-state index in [1.165, 1.54) is 0 Å². The largest absolute Gasteiger partial charge is 0.497 e. The van der Waals surface area contributed by atoms with Gasteiger partial charge < -0.3 is 23.7 Å². The third kappa shape index (κ3) is 3.75. The van der Waals surface area contributed by atoms with E-state index >= 15 is 0 Å². The summed E-state index contributed by atoms with van der Waals surface area (Å²) in [6, 6.07) is 15.0. The number of ketones is 1.